The number of amides is 2. The first kappa shape index (κ1) is 11.4. The molecule has 0 aromatic carbocycles. The fourth-order valence-corrected chi connectivity index (χ4v) is 2.83. The zero-order valence-corrected chi connectivity index (χ0v) is 9.97. The summed E-state index contributed by atoms with van der Waals surface area (Å²) in [4.78, 5) is 26.8. The van der Waals surface area contributed by atoms with Crippen LogP contribution in [0.3, 0.4) is 0 Å². The molecule has 5 nitrogen and oxygen atoms in total. The number of amidine groups is 1. The van der Waals surface area contributed by atoms with Gasteiger partial charge in [-0.15, -0.1) is 0 Å². The normalized spacial score (nSPS) is 33.4. The molecule has 2 N–H and O–H groups in total. The van der Waals surface area contributed by atoms with Crippen molar-refractivity contribution in [3.05, 3.63) is 0 Å². The molecule has 0 aromatic heterocycles. The standard InChI is InChI=1S/C10H15N3O2S/c1-6-4-5-16-10(11-6)12-7-2-3-8(14)13-9(7)15/h6-7H,2-5H2,1H3,(H,11,12)(H,13,14,15). The second kappa shape index (κ2) is 4.86. The van der Waals surface area contributed by atoms with Gasteiger partial charge < -0.3 is 5.32 Å². The van der Waals surface area contributed by atoms with Crippen LogP contribution in [0.1, 0.15) is 26.2 Å². The molecule has 6 heteroatoms. The molecule has 0 saturated carbocycles. The maximum atomic E-state index is 11.5. The van der Waals surface area contributed by atoms with E-state index in [2.05, 4.69) is 22.5 Å². The zero-order chi connectivity index (χ0) is 11.5. The smallest absolute Gasteiger partial charge is 0.251 e. The van der Waals surface area contributed by atoms with Crippen LogP contribution in [0.2, 0.25) is 0 Å². The van der Waals surface area contributed by atoms with Crippen molar-refractivity contribution < 1.29 is 9.59 Å². The van der Waals surface area contributed by atoms with Gasteiger partial charge in [-0.3, -0.25) is 14.9 Å². The van der Waals surface area contributed by atoms with E-state index in [1.165, 1.54) is 0 Å². The first-order valence-electron chi connectivity index (χ1n) is 5.46. The second-order valence-corrected chi connectivity index (χ2v) is 5.17. The minimum atomic E-state index is -0.405. The summed E-state index contributed by atoms with van der Waals surface area (Å²) >= 11 is 1.64. The summed E-state index contributed by atoms with van der Waals surface area (Å²) in [6, 6.07) is 0.00582. The molecule has 2 aliphatic rings. The first-order valence-corrected chi connectivity index (χ1v) is 6.44. The predicted octanol–water partition coefficient (Wildman–Crippen LogP) is 0.263. The van der Waals surface area contributed by atoms with Crippen LogP contribution in [0.4, 0.5) is 0 Å². The Labute approximate surface area is 98.5 Å². The summed E-state index contributed by atoms with van der Waals surface area (Å²) in [5, 5.41) is 6.38. The monoisotopic (exact) mass is 241 g/mol. The highest BCUT2D eigenvalue weighted by Gasteiger charge is 2.27. The van der Waals surface area contributed by atoms with Crippen LogP contribution in [-0.4, -0.2) is 34.8 Å². The number of aliphatic imine (C=N–C) groups is 1. The van der Waals surface area contributed by atoms with Crippen molar-refractivity contribution in [3.63, 3.8) is 0 Å². The molecule has 2 heterocycles. The van der Waals surface area contributed by atoms with Gasteiger partial charge in [-0.25, -0.2) is 4.99 Å². The molecule has 2 fully saturated rings. The molecule has 0 spiro atoms. The molecule has 0 aliphatic carbocycles. The molecule has 88 valence electrons. The lowest BCUT2D eigenvalue weighted by Gasteiger charge is -2.24. The number of imide groups is 1. The number of nitrogens with one attached hydrogen (secondary N) is 2. The van der Waals surface area contributed by atoms with E-state index in [1.807, 2.05) is 0 Å². The Balaban J connectivity index is 1.99. The van der Waals surface area contributed by atoms with Gasteiger partial charge in [-0.05, 0) is 19.8 Å². The summed E-state index contributed by atoms with van der Waals surface area (Å²) in [5.41, 5.74) is 0. The third-order valence-corrected chi connectivity index (χ3v) is 3.58. The number of carbonyl (C=O) groups excluding carboxylic acids is 2. The van der Waals surface area contributed by atoms with Crippen molar-refractivity contribution in [1.82, 2.24) is 10.6 Å². The molecule has 2 unspecified atom stereocenters. The molecule has 16 heavy (non-hydrogen) atoms. The fraction of sp³-hybridized carbons (Fsp3) is 0.700. The Kier molecular flexibility index (Phi) is 3.48. The Bertz CT molecular complexity index is 343. The number of carbonyl (C=O) groups is 2. The molecule has 2 amide bonds. The van der Waals surface area contributed by atoms with Crippen LogP contribution < -0.4 is 10.6 Å². The van der Waals surface area contributed by atoms with E-state index in [1.54, 1.807) is 11.8 Å². The highest BCUT2D eigenvalue weighted by Crippen LogP contribution is 2.16. The third kappa shape index (κ3) is 2.75. The third-order valence-electron chi connectivity index (χ3n) is 2.64. The van der Waals surface area contributed by atoms with Gasteiger partial charge in [0, 0.05) is 18.2 Å². The van der Waals surface area contributed by atoms with Gasteiger partial charge in [0.2, 0.25) is 5.91 Å². The Hall–Kier alpha value is -1.04. The molecule has 0 aromatic rings. The summed E-state index contributed by atoms with van der Waals surface area (Å²) in [5.74, 6) is 0.559. The van der Waals surface area contributed by atoms with Crippen molar-refractivity contribution in [2.75, 3.05) is 5.75 Å². The van der Waals surface area contributed by atoms with Crippen LogP contribution in [0.25, 0.3) is 0 Å². The Morgan fingerprint density at radius 1 is 1.38 bits per heavy atom. The highest BCUT2D eigenvalue weighted by atomic mass is 32.2. The maximum Gasteiger partial charge on any atom is 0.251 e. The van der Waals surface area contributed by atoms with Gasteiger partial charge in [-0.1, -0.05) is 11.8 Å². The molecule has 2 rings (SSSR count). The van der Waals surface area contributed by atoms with E-state index in [-0.39, 0.29) is 11.8 Å². The molecular formula is C10H15N3O2S. The van der Waals surface area contributed by atoms with Crippen molar-refractivity contribution in [2.45, 2.75) is 38.3 Å². The van der Waals surface area contributed by atoms with Crippen molar-refractivity contribution >= 4 is 28.7 Å². The van der Waals surface area contributed by atoms with Crippen LogP contribution in [0.15, 0.2) is 4.99 Å². The fourth-order valence-electron chi connectivity index (χ4n) is 1.68. The molecule has 0 bridgehead atoms. The number of nitrogens with zero attached hydrogens (tertiary/aromatic N) is 1. The van der Waals surface area contributed by atoms with Gasteiger partial charge in [0.1, 0.15) is 6.04 Å². The first-order chi connectivity index (χ1) is 7.65. The number of piperidine rings is 1. The lowest BCUT2D eigenvalue weighted by Crippen LogP contribution is -2.44. The molecule has 0 radical (unpaired) electrons. The van der Waals surface area contributed by atoms with E-state index in [0.29, 0.717) is 18.9 Å². The minimum absolute atomic E-state index is 0.195. The maximum absolute atomic E-state index is 11.5. The van der Waals surface area contributed by atoms with Crippen LogP contribution in [0, 0.1) is 0 Å². The van der Waals surface area contributed by atoms with Crippen molar-refractivity contribution in [2.24, 2.45) is 4.99 Å². The topological polar surface area (TPSA) is 70.6 Å². The Morgan fingerprint density at radius 2 is 2.19 bits per heavy atom. The lowest BCUT2D eigenvalue weighted by atomic mass is 10.1. The number of hydrogen-bond acceptors (Lipinski definition) is 4. The summed E-state index contributed by atoms with van der Waals surface area (Å²) in [7, 11) is 0. The van der Waals surface area contributed by atoms with Gasteiger partial charge in [0.05, 0.1) is 0 Å². The molecule has 2 aliphatic heterocycles. The number of hydrogen-bond donors (Lipinski definition) is 2. The van der Waals surface area contributed by atoms with Gasteiger partial charge >= 0.3 is 0 Å². The van der Waals surface area contributed by atoms with E-state index in [0.717, 1.165) is 17.3 Å². The van der Waals surface area contributed by atoms with Crippen molar-refractivity contribution in [3.8, 4) is 0 Å². The van der Waals surface area contributed by atoms with E-state index in [4.69, 9.17) is 0 Å². The van der Waals surface area contributed by atoms with E-state index in [9.17, 15) is 9.59 Å². The van der Waals surface area contributed by atoms with Crippen LogP contribution in [0.5, 0.6) is 0 Å². The largest absolute Gasteiger partial charge is 0.362 e. The van der Waals surface area contributed by atoms with Gasteiger partial charge in [-0.2, -0.15) is 0 Å². The highest BCUT2D eigenvalue weighted by molar-refractivity contribution is 8.13. The summed E-state index contributed by atoms with van der Waals surface area (Å²) in [6.07, 6.45) is 2.01. The zero-order valence-electron chi connectivity index (χ0n) is 9.16. The molecular weight excluding hydrogens is 226 g/mol. The second-order valence-electron chi connectivity index (χ2n) is 4.08. The lowest BCUT2D eigenvalue weighted by molar-refractivity contribution is -0.133. The number of thioether (sulfide) groups is 1. The van der Waals surface area contributed by atoms with E-state index >= 15 is 0 Å². The molecule has 2 saturated heterocycles. The quantitative estimate of drug-likeness (QED) is 0.646. The predicted molar refractivity (Wildman–Crippen MR) is 63.3 cm³/mol. The van der Waals surface area contributed by atoms with E-state index < -0.39 is 6.04 Å². The average molecular weight is 241 g/mol. The van der Waals surface area contributed by atoms with Crippen LogP contribution >= 0.6 is 11.8 Å². The molecule has 2 atom stereocenters. The average Bonchev–Trinajstić information content (AvgIpc) is 2.22. The van der Waals surface area contributed by atoms with Crippen molar-refractivity contribution in [1.29, 1.82) is 0 Å². The summed E-state index contributed by atoms with van der Waals surface area (Å²) < 4.78 is 0. The minimum Gasteiger partial charge on any atom is -0.362 e. The SMILES string of the molecule is CC1CCSC(=NC2CCC(=O)NC2=O)N1. The Morgan fingerprint density at radius 3 is 2.88 bits per heavy atom. The van der Waals surface area contributed by atoms with Gasteiger partial charge in [0.15, 0.2) is 5.17 Å². The number of rotatable bonds is 1. The van der Waals surface area contributed by atoms with Crippen LogP contribution in [-0.2, 0) is 9.59 Å². The summed E-state index contributed by atoms with van der Waals surface area (Å²) in [6.45, 7) is 2.10. The van der Waals surface area contributed by atoms with Gasteiger partial charge in [0.25, 0.3) is 5.91 Å².